The number of hydrogen-bond donors (Lipinski definition) is 2. The summed E-state index contributed by atoms with van der Waals surface area (Å²) in [6.07, 6.45) is 3.25. The van der Waals surface area contributed by atoms with Crippen LogP contribution in [-0.2, 0) is 16.8 Å². The van der Waals surface area contributed by atoms with Gasteiger partial charge in [0.05, 0.1) is 18.3 Å². The molecule has 1 atom stereocenters. The predicted molar refractivity (Wildman–Crippen MR) is 78.3 cm³/mol. The van der Waals surface area contributed by atoms with E-state index in [4.69, 9.17) is 0 Å². The fourth-order valence-electron chi connectivity index (χ4n) is 2.10. The molecule has 0 saturated carbocycles. The first kappa shape index (κ1) is 14.5. The van der Waals surface area contributed by atoms with Crippen LogP contribution in [0.1, 0.15) is 50.7 Å². The van der Waals surface area contributed by atoms with Gasteiger partial charge in [0.25, 0.3) is 0 Å². The van der Waals surface area contributed by atoms with Gasteiger partial charge in [0.1, 0.15) is 5.01 Å². The molecule has 0 radical (unpaired) electrons. The van der Waals surface area contributed by atoms with Crippen molar-refractivity contribution in [3.8, 4) is 0 Å². The van der Waals surface area contributed by atoms with Gasteiger partial charge in [-0.2, -0.15) is 0 Å². The highest BCUT2D eigenvalue weighted by molar-refractivity contribution is 7.09. The molecule has 4 nitrogen and oxygen atoms in total. The van der Waals surface area contributed by atoms with E-state index in [0.717, 1.165) is 30.1 Å². The van der Waals surface area contributed by atoms with Crippen LogP contribution in [0.2, 0.25) is 0 Å². The van der Waals surface area contributed by atoms with E-state index in [0.29, 0.717) is 6.54 Å². The maximum atomic E-state index is 12.0. The Kier molecular flexibility index (Phi) is 4.58. The zero-order chi connectivity index (χ0) is 13.9. The summed E-state index contributed by atoms with van der Waals surface area (Å²) in [7, 11) is 0. The van der Waals surface area contributed by atoms with Crippen molar-refractivity contribution in [2.75, 3.05) is 6.54 Å². The van der Waals surface area contributed by atoms with Crippen LogP contribution >= 0.6 is 11.3 Å². The van der Waals surface area contributed by atoms with Crippen LogP contribution in [0.3, 0.4) is 0 Å². The van der Waals surface area contributed by atoms with Gasteiger partial charge in [-0.15, -0.1) is 11.3 Å². The smallest absolute Gasteiger partial charge is 0.237 e. The Morgan fingerprint density at radius 3 is 2.89 bits per heavy atom. The number of aromatic nitrogens is 1. The van der Waals surface area contributed by atoms with Crippen molar-refractivity contribution in [1.82, 2.24) is 15.6 Å². The van der Waals surface area contributed by atoms with Crippen molar-refractivity contribution in [1.29, 1.82) is 0 Å². The summed E-state index contributed by atoms with van der Waals surface area (Å²) in [4.78, 5) is 16.6. The van der Waals surface area contributed by atoms with Crippen LogP contribution in [0.5, 0.6) is 0 Å². The monoisotopic (exact) mass is 281 g/mol. The van der Waals surface area contributed by atoms with Crippen molar-refractivity contribution in [2.45, 2.75) is 58.0 Å². The number of carbonyl (C=O) groups is 1. The molecule has 5 heteroatoms. The van der Waals surface area contributed by atoms with E-state index in [2.05, 4.69) is 41.8 Å². The second-order valence-corrected chi connectivity index (χ2v) is 7.04. The van der Waals surface area contributed by atoms with Gasteiger partial charge in [0.15, 0.2) is 0 Å². The maximum Gasteiger partial charge on any atom is 0.237 e. The van der Waals surface area contributed by atoms with Crippen molar-refractivity contribution in [3.05, 3.63) is 16.1 Å². The molecule has 2 rings (SSSR count). The summed E-state index contributed by atoms with van der Waals surface area (Å²) in [5.41, 5.74) is 1.17. The van der Waals surface area contributed by atoms with Crippen molar-refractivity contribution in [2.24, 2.45) is 0 Å². The zero-order valence-electron chi connectivity index (χ0n) is 12.0. The molecule has 0 unspecified atom stereocenters. The SMILES string of the molecule is CC(C)(C)c1csc(CNC(=O)[C@H]2CCCCN2)n1. The lowest BCUT2D eigenvalue weighted by atomic mass is 9.93. The van der Waals surface area contributed by atoms with Gasteiger partial charge in [-0.1, -0.05) is 27.2 Å². The minimum absolute atomic E-state index is 0.0178. The quantitative estimate of drug-likeness (QED) is 0.893. The minimum atomic E-state index is -0.0178. The number of carbonyl (C=O) groups excluding carboxylic acids is 1. The predicted octanol–water partition coefficient (Wildman–Crippen LogP) is 2.20. The number of hydrogen-bond acceptors (Lipinski definition) is 4. The zero-order valence-corrected chi connectivity index (χ0v) is 12.8. The standard InChI is InChI=1S/C14H23N3OS/c1-14(2,3)11-9-19-12(17-11)8-16-13(18)10-6-4-5-7-15-10/h9-10,15H,4-8H2,1-3H3,(H,16,18)/t10-/m1/s1. The molecular weight excluding hydrogens is 258 g/mol. The molecule has 1 aliphatic heterocycles. The molecule has 0 aliphatic carbocycles. The van der Waals surface area contributed by atoms with Gasteiger partial charge in [-0.3, -0.25) is 4.79 Å². The largest absolute Gasteiger partial charge is 0.348 e. The third-order valence-electron chi connectivity index (χ3n) is 3.36. The van der Waals surface area contributed by atoms with Gasteiger partial charge < -0.3 is 10.6 Å². The maximum absolute atomic E-state index is 12.0. The Labute approximate surface area is 119 Å². The van der Waals surface area contributed by atoms with E-state index in [-0.39, 0.29) is 17.4 Å². The molecule has 1 aromatic rings. The van der Waals surface area contributed by atoms with Crippen molar-refractivity contribution in [3.63, 3.8) is 0 Å². The first-order valence-electron chi connectivity index (χ1n) is 6.93. The lowest BCUT2D eigenvalue weighted by Crippen LogP contribution is -2.46. The Hall–Kier alpha value is -0.940. The van der Waals surface area contributed by atoms with Crippen molar-refractivity contribution >= 4 is 17.2 Å². The van der Waals surface area contributed by atoms with Crippen LogP contribution in [0.25, 0.3) is 0 Å². The summed E-state index contributed by atoms with van der Waals surface area (Å²) in [5.74, 6) is 0.104. The number of piperidine rings is 1. The van der Waals surface area contributed by atoms with Crippen LogP contribution in [0.4, 0.5) is 0 Å². The first-order chi connectivity index (χ1) is 8.97. The minimum Gasteiger partial charge on any atom is -0.348 e. The van der Waals surface area contributed by atoms with Gasteiger partial charge in [-0.05, 0) is 19.4 Å². The van der Waals surface area contributed by atoms with Crippen LogP contribution < -0.4 is 10.6 Å². The number of rotatable bonds is 3. The number of amides is 1. The summed E-state index contributed by atoms with van der Waals surface area (Å²) < 4.78 is 0. The number of thiazole rings is 1. The summed E-state index contributed by atoms with van der Waals surface area (Å²) >= 11 is 1.62. The lowest BCUT2D eigenvalue weighted by molar-refractivity contribution is -0.123. The summed E-state index contributed by atoms with van der Waals surface area (Å²) in [6.45, 7) is 7.93. The molecule has 19 heavy (non-hydrogen) atoms. The highest BCUT2D eigenvalue weighted by Gasteiger charge is 2.21. The molecule has 1 amide bonds. The molecule has 0 aromatic carbocycles. The fraction of sp³-hybridized carbons (Fsp3) is 0.714. The van der Waals surface area contributed by atoms with Gasteiger partial charge in [-0.25, -0.2) is 4.98 Å². The number of nitrogens with zero attached hydrogens (tertiary/aromatic N) is 1. The Morgan fingerprint density at radius 1 is 1.53 bits per heavy atom. The third-order valence-corrected chi connectivity index (χ3v) is 4.21. The third kappa shape index (κ3) is 4.01. The summed E-state index contributed by atoms with van der Waals surface area (Å²) in [6, 6.07) is -0.0178. The molecule has 0 bridgehead atoms. The highest BCUT2D eigenvalue weighted by atomic mass is 32.1. The van der Waals surface area contributed by atoms with Gasteiger partial charge >= 0.3 is 0 Å². The first-order valence-corrected chi connectivity index (χ1v) is 7.81. The van der Waals surface area contributed by atoms with Crippen LogP contribution in [0.15, 0.2) is 5.38 Å². The van der Waals surface area contributed by atoms with E-state index >= 15 is 0 Å². The average molecular weight is 281 g/mol. The summed E-state index contributed by atoms with van der Waals surface area (Å²) in [5, 5.41) is 9.30. The second-order valence-electron chi connectivity index (χ2n) is 6.10. The lowest BCUT2D eigenvalue weighted by Gasteiger charge is -2.22. The second kappa shape index (κ2) is 6.01. The normalized spacial score (nSPS) is 20.3. The number of nitrogens with one attached hydrogen (secondary N) is 2. The fourth-order valence-corrected chi connectivity index (χ4v) is 3.06. The molecule has 1 aromatic heterocycles. The molecule has 2 N–H and O–H groups in total. The van der Waals surface area contributed by atoms with E-state index in [1.807, 2.05) is 0 Å². The van der Waals surface area contributed by atoms with Gasteiger partial charge in [0, 0.05) is 10.8 Å². The molecule has 1 fully saturated rings. The van der Waals surface area contributed by atoms with E-state index in [9.17, 15) is 4.79 Å². The van der Waals surface area contributed by atoms with Gasteiger partial charge in [0.2, 0.25) is 5.91 Å². The van der Waals surface area contributed by atoms with Crippen molar-refractivity contribution < 1.29 is 4.79 Å². The molecular formula is C14H23N3OS. The van der Waals surface area contributed by atoms with E-state index < -0.39 is 0 Å². The Morgan fingerprint density at radius 2 is 2.32 bits per heavy atom. The highest BCUT2D eigenvalue weighted by Crippen LogP contribution is 2.23. The van der Waals surface area contributed by atoms with Crippen LogP contribution in [0, 0.1) is 0 Å². The Bertz CT molecular complexity index is 430. The van der Waals surface area contributed by atoms with E-state index in [1.165, 1.54) is 6.42 Å². The molecule has 106 valence electrons. The molecule has 1 aliphatic rings. The Balaban J connectivity index is 1.85. The molecule has 0 spiro atoms. The molecule has 1 saturated heterocycles. The average Bonchev–Trinajstić information content (AvgIpc) is 2.86. The van der Waals surface area contributed by atoms with E-state index in [1.54, 1.807) is 11.3 Å². The topological polar surface area (TPSA) is 54.0 Å². The molecule has 2 heterocycles. The van der Waals surface area contributed by atoms with Crippen LogP contribution in [-0.4, -0.2) is 23.5 Å².